The van der Waals surface area contributed by atoms with Gasteiger partial charge in [-0.2, -0.15) is 0 Å². The number of hydrogen-bond acceptors (Lipinski definition) is 3. The quantitative estimate of drug-likeness (QED) is 0.407. The number of rotatable bonds is 9. The third-order valence-corrected chi connectivity index (χ3v) is 5.65. The van der Waals surface area contributed by atoms with Gasteiger partial charge in [-0.25, -0.2) is 0 Å². The fraction of sp³-hybridized carbons (Fsp3) is 0.400. The lowest BCUT2D eigenvalue weighted by molar-refractivity contribution is 0.601. The highest BCUT2D eigenvalue weighted by atomic mass is 35.5. The molecule has 0 bridgehead atoms. The van der Waals surface area contributed by atoms with Gasteiger partial charge in [-0.1, -0.05) is 42.4 Å². The van der Waals surface area contributed by atoms with Crippen LogP contribution in [0.2, 0.25) is 0 Å². The normalized spacial score (nSPS) is 12.3. The molecule has 0 unspecified atom stereocenters. The predicted octanol–water partition coefficient (Wildman–Crippen LogP) is 6.10. The molecular formula is C20H26Cl2N2S. The summed E-state index contributed by atoms with van der Waals surface area (Å²) in [6.07, 6.45) is 4.71. The van der Waals surface area contributed by atoms with Crippen molar-refractivity contribution in [3.05, 3.63) is 48.5 Å². The fourth-order valence-electron chi connectivity index (χ4n) is 3.03. The molecule has 2 nitrogen and oxygen atoms in total. The number of para-hydroxylation sites is 2. The van der Waals surface area contributed by atoms with Gasteiger partial charge in [0, 0.05) is 22.2 Å². The second-order valence-electron chi connectivity index (χ2n) is 6.04. The highest BCUT2D eigenvalue weighted by molar-refractivity contribution is 7.99. The minimum absolute atomic E-state index is 0. The maximum absolute atomic E-state index is 5.70. The van der Waals surface area contributed by atoms with Crippen molar-refractivity contribution < 1.29 is 0 Å². The largest absolute Gasteiger partial charge is 0.340 e. The summed E-state index contributed by atoms with van der Waals surface area (Å²) in [5, 5.41) is 3.56. The first-order valence-corrected chi connectivity index (χ1v) is 10.2. The van der Waals surface area contributed by atoms with Crippen molar-refractivity contribution >= 4 is 47.1 Å². The summed E-state index contributed by atoms with van der Waals surface area (Å²) >= 11 is 7.58. The Balaban J connectivity index is 0.00000225. The molecule has 2 aromatic carbocycles. The Hall–Kier alpha value is -0.870. The van der Waals surface area contributed by atoms with E-state index in [4.69, 9.17) is 11.6 Å². The van der Waals surface area contributed by atoms with Crippen LogP contribution in [0.25, 0.3) is 0 Å². The molecule has 1 N–H and O–H groups in total. The molecule has 1 heterocycles. The molecular weight excluding hydrogens is 371 g/mol. The number of anilines is 2. The lowest BCUT2D eigenvalue weighted by atomic mass is 10.2. The Kier molecular flexibility index (Phi) is 8.97. The van der Waals surface area contributed by atoms with E-state index in [0.29, 0.717) is 0 Å². The second-order valence-corrected chi connectivity index (χ2v) is 7.50. The first-order valence-electron chi connectivity index (χ1n) is 8.80. The molecule has 0 saturated heterocycles. The molecule has 0 atom stereocenters. The number of unbranched alkanes of at least 4 members (excludes halogenated alkanes) is 2. The SMILES string of the molecule is Cl.ClCCCCCNCCCN1c2ccccc2Sc2ccccc21. The predicted molar refractivity (Wildman–Crippen MR) is 113 cm³/mol. The van der Waals surface area contributed by atoms with E-state index < -0.39 is 0 Å². The summed E-state index contributed by atoms with van der Waals surface area (Å²) in [6, 6.07) is 17.4. The Labute approximate surface area is 166 Å². The molecule has 2 aromatic rings. The number of nitrogens with zero attached hydrogens (tertiary/aromatic N) is 1. The molecule has 1 aliphatic heterocycles. The third kappa shape index (κ3) is 5.55. The van der Waals surface area contributed by atoms with Crippen molar-refractivity contribution in [2.45, 2.75) is 35.5 Å². The molecule has 0 spiro atoms. The van der Waals surface area contributed by atoms with Crippen molar-refractivity contribution in [3.63, 3.8) is 0 Å². The summed E-state index contributed by atoms with van der Waals surface area (Å²) in [5.74, 6) is 0.784. The van der Waals surface area contributed by atoms with Gasteiger partial charge in [0.1, 0.15) is 0 Å². The van der Waals surface area contributed by atoms with Crippen LogP contribution in [-0.2, 0) is 0 Å². The van der Waals surface area contributed by atoms with E-state index in [1.54, 1.807) is 0 Å². The average molecular weight is 397 g/mol. The Bertz CT molecular complexity index is 606. The minimum atomic E-state index is 0. The summed E-state index contributed by atoms with van der Waals surface area (Å²) < 4.78 is 0. The Morgan fingerprint density at radius 1 is 0.800 bits per heavy atom. The minimum Gasteiger partial charge on any atom is -0.340 e. The molecule has 5 heteroatoms. The molecule has 25 heavy (non-hydrogen) atoms. The van der Waals surface area contributed by atoms with Gasteiger partial charge >= 0.3 is 0 Å². The monoisotopic (exact) mass is 396 g/mol. The molecule has 136 valence electrons. The Morgan fingerprint density at radius 3 is 2.04 bits per heavy atom. The number of alkyl halides is 1. The van der Waals surface area contributed by atoms with Crippen LogP contribution >= 0.6 is 35.8 Å². The first kappa shape index (κ1) is 20.4. The lowest BCUT2D eigenvalue weighted by Gasteiger charge is -2.32. The smallest absolute Gasteiger partial charge is 0.0552 e. The number of nitrogens with one attached hydrogen (secondary N) is 1. The van der Waals surface area contributed by atoms with E-state index >= 15 is 0 Å². The van der Waals surface area contributed by atoms with Crippen LogP contribution in [0, 0.1) is 0 Å². The summed E-state index contributed by atoms with van der Waals surface area (Å²) in [7, 11) is 0. The third-order valence-electron chi connectivity index (χ3n) is 4.25. The van der Waals surface area contributed by atoms with Gasteiger partial charge in [0.2, 0.25) is 0 Å². The van der Waals surface area contributed by atoms with Crippen LogP contribution in [0.1, 0.15) is 25.7 Å². The van der Waals surface area contributed by atoms with Gasteiger partial charge in [-0.05, 0) is 56.6 Å². The molecule has 3 rings (SSSR count). The summed E-state index contributed by atoms with van der Waals surface area (Å²) in [4.78, 5) is 5.17. The average Bonchev–Trinajstić information content (AvgIpc) is 2.63. The van der Waals surface area contributed by atoms with Crippen LogP contribution < -0.4 is 10.2 Å². The van der Waals surface area contributed by atoms with Crippen molar-refractivity contribution in [2.24, 2.45) is 0 Å². The lowest BCUT2D eigenvalue weighted by Crippen LogP contribution is -2.26. The maximum Gasteiger partial charge on any atom is 0.0552 e. The van der Waals surface area contributed by atoms with E-state index in [2.05, 4.69) is 58.7 Å². The molecule has 0 amide bonds. The van der Waals surface area contributed by atoms with Gasteiger partial charge in [0.25, 0.3) is 0 Å². The molecule has 0 saturated carbocycles. The van der Waals surface area contributed by atoms with Gasteiger partial charge < -0.3 is 10.2 Å². The van der Waals surface area contributed by atoms with Gasteiger partial charge in [-0.15, -0.1) is 24.0 Å². The standard InChI is InChI=1S/C20H25ClN2S.ClH/c21-13-6-1-7-14-22-15-8-16-23-17-9-2-4-11-19(17)24-20-12-5-3-10-18(20)23;/h2-5,9-12,22H,1,6-8,13-16H2;1H. The zero-order chi connectivity index (χ0) is 16.6. The van der Waals surface area contributed by atoms with Gasteiger partial charge in [0.05, 0.1) is 11.4 Å². The van der Waals surface area contributed by atoms with E-state index in [0.717, 1.165) is 38.4 Å². The van der Waals surface area contributed by atoms with Crippen molar-refractivity contribution in [1.82, 2.24) is 5.32 Å². The van der Waals surface area contributed by atoms with E-state index in [1.807, 2.05) is 11.8 Å². The molecule has 0 aliphatic carbocycles. The van der Waals surface area contributed by atoms with E-state index in [1.165, 1.54) is 34.0 Å². The van der Waals surface area contributed by atoms with Crippen LogP contribution in [0.4, 0.5) is 11.4 Å². The van der Waals surface area contributed by atoms with Crippen LogP contribution in [0.15, 0.2) is 58.3 Å². The zero-order valence-electron chi connectivity index (χ0n) is 14.4. The number of fused-ring (bicyclic) bond motifs is 2. The van der Waals surface area contributed by atoms with Crippen LogP contribution in [0.5, 0.6) is 0 Å². The van der Waals surface area contributed by atoms with Crippen LogP contribution in [0.3, 0.4) is 0 Å². The van der Waals surface area contributed by atoms with Gasteiger partial charge in [-0.3, -0.25) is 0 Å². The number of halogens is 2. The molecule has 0 radical (unpaired) electrons. The topological polar surface area (TPSA) is 15.3 Å². The van der Waals surface area contributed by atoms with Crippen molar-refractivity contribution in [3.8, 4) is 0 Å². The van der Waals surface area contributed by atoms with E-state index in [-0.39, 0.29) is 12.4 Å². The molecule has 0 fully saturated rings. The summed E-state index contributed by atoms with van der Waals surface area (Å²) in [5.41, 5.74) is 2.67. The molecule has 0 aromatic heterocycles. The maximum atomic E-state index is 5.70. The fourth-order valence-corrected chi connectivity index (χ4v) is 4.32. The van der Waals surface area contributed by atoms with E-state index in [9.17, 15) is 0 Å². The zero-order valence-corrected chi connectivity index (χ0v) is 16.8. The number of benzene rings is 2. The Morgan fingerprint density at radius 2 is 1.40 bits per heavy atom. The summed E-state index contributed by atoms with van der Waals surface area (Å²) in [6.45, 7) is 3.21. The first-order chi connectivity index (χ1) is 11.9. The highest BCUT2D eigenvalue weighted by Crippen LogP contribution is 2.47. The van der Waals surface area contributed by atoms with Crippen molar-refractivity contribution in [2.75, 3.05) is 30.4 Å². The van der Waals surface area contributed by atoms with Crippen molar-refractivity contribution in [1.29, 1.82) is 0 Å². The number of hydrogen-bond donors (Lipinski definition) is 1. The second kappa shape index (κ2) is 11.0. The molecule has 1 aliphatic rings. The highest BCUT2D eigenvalue weighted by Gasteiger charge is 2.21. The van der Waals surface area contributed by atoms with Crippen LogP contribution in [-0.4, -0.2) is 25.5 Å². The van der Waals surface area contributed by atoms with Gasteiger partial charge in [0.15, 0.2) is 0 Å².